The van der Waals surface area contributed by atoms with Crippen LogP contribution in [0.5, 0.6) is 0 Å². The fourth-order valence-electron chi connectivity index (χ4n) is 11.1. The van der Waals surface area contributed by atoms with Crippen LogP contribution in [0.15, 0.2) is 219 Å². The number of amides is 4. The number of carbonyl (C=O) groups excluding carboxylic acids is 4. The van der Waals surface area contributed by atoms with Crippen LogP contribution in [-0.4, -0.2) is 118 Å². The van der Waals surface area contributed by atoms with Crippen molar-refractivity contribution in [3.63, 3.8) is 0 Å². The lowest BCUT2D eigenvalue weighted by Crippen LogP contribution is -2.23. The van der Waals surface area contributed by atoms with E-state index in [2.05, 4.69) is 61.1 Å². The summed E-state index contributed by atoms with van der Waals surface area (Å²) in [5, 5.41) is 39.3. The second kappa shape index (κ2) is 40.6. The topological polar surface area (TPSA) is 418 Å². The molecule has 0 saturated carbocycles. The molecule has 15 N–H and O–H groups in total. The van der Waals surface area contributed by atoms with Crippen molar-refractivity contribution in [2.24, 2.45) is 0 Å². The highest BCUT2D eigenvalue weighted by molar-refractivity contribution is 7.90. The minimum absolute atomic E-state index is 0.0636. The van der Waals surface area contributed by atoms with Gasteiger partial charge in [0.1, 0.15) is 79.2 Å². The largest absolute Gasteiger partial charge is 0.393 e. The third-order valence-corrected chi connectivity index (χ3v) is 17.7. The van der Waals surface area contributed by atoms with Gasteiger partial charge in [0, 0.05) is 80.4 Å². The van der Waals surface area contributed by atoms with E-state index in [9.17, 15) is 60.5 Å². The van der Waals surface area contributed by atoms with Crippen molar-refractivity contribution in [2.75, 3.05) is 34.9 Å². The normalized spacial score (nSPS) is 11.7. The number of sulfone groups is 1. The van der Waals surface area contributed by atoms with Gasteiger partial charge in [-0.2, -0.15) is 0 Å². The summed E-state index contributed by atoms with van der Waals surface area (Å²) in [5.74, 6) is -4.36. The summed E-state index contributed by atoms with van der Waals surface area (Å²) in [6, 6.07) is 54.0. The van der Waals surface area contributed by atoms with Gasteiger partial charge in [-0.1, -0.05) is 146 Å². The van der Waals surface area contributed by atoms with E-state index in [0.29, 0.717) is 101 Å². The van der Waals surface area contributed by atoms with Crippen molar-refractivity contribution >= 4 is 56.7 Å². The van der Waals surface area contributed by atoms with Crippen LogP contribution < -0.4 is 44.2 Å². The molecule has 0 saturated heterocycles. The molecule has 3 atom stereocenters. The maximum atomic E-state index is 14.6. The Labute approximate surface area is 655 Å². The zero-order valence-electron chi connectivity index (χ0n) is 62.5. The number of nitrogens with two attached hydrogens (primary N) is 4. The van der Waals surface area contributed by atoms with E-state index in [0.717, 1.165) is 34.6 Å². The molecular weight excluding hydrogens is 1490 g/mol. The summed E-state index contributed by atoms with van der Waals surface area (Å²) in [4.78, 5) is 82.8. The van der Waals surface area contributed by atoms with E-state index in [1.807, 2.05) is 121 Å². The molecule has 25 nitrogen and oxygen atoms in total. The van der Waals surface area contributed by atoms with E-state index >= 15 is 0 Å². The van der Waals surface area contributed by atoms with Gasteiger partial charge in [-0.15, -0.1) is 0 Å². The first-order valence-electron chi connectivity index (χ1n) is 35.7. The van der Waals surface area contributed by atoms with E-state index < -0.39 is 75.0 Å². The van der Waals surface area contributed by atoms with Gasteiger partial charge >= 0.3 is 0 Å². The maximum absolute atomic E-state index is 14.6. The summed E-state index contributed by atoms with van der Waals surface area (Å²) in [6.07, 6.45) is 6.31. The minimum Gasteiger partial charge on any atom is -0.393 e. The number of carbonyl (C=O) groups is 4. The number of aliphatic hydroxyl groups excluding tert-OH is 3. The van der Waals surface area contributed by atoms with Gasteiger partial charge in [0.25, 0.3) is 23.6 Å². The molecule has 4 amide bonds. The van der Waals surface area contributed by atoms with Crippen molar-refractivity contribution < 1.29 is 60.5 Å². The van der Waals surface area contributed by atoms with Crippen molar-refractivity contribution in [3.8, 4) is 45.0 Å². The van der Waals surface area contributed by atoms with Gasteiger partial charge < -0.3 is 59.5 Å². The Morgan fingerprint density at radius 3 is 0.789 bits per heavy atom. The predicted octanol–water partition coefficient (Wildman–Crippen LogP) is 10.5. The number of aryl methyl sites for hydroxylation is 1. The number of benzene rings is 8. The lowest BCUT2D eigenvalue weighted by atomic mass is 10.1. The molecule has 0 spiro atoms. The van der Waals surface area contributed by atoms with Crippen molar-refractivity contribution in [2.45, 2.75) is 90.9 Å². The fourth-order valence-corrected chi connectivity index (χ4v) is 11.7. The molecule has 0 radical (unpaired) electrons. The molecule has 4 heterocycles. The zero-order valence-corrected chi connectivity index (χ0v) is 63.3. The molecule has 12 aromatic rings. The van der Waals surface area contributed by atoms with Crippen LogP contribution in [0.2, 0.25) is 0 Å². The standard InChI is InChI=1S/C21H21FN4O3S.3C21H21FN4O2/c1-30(28,29)10-9-16-13-24-20(23)19(26-16)15-7-8-17(18(22)11-15)21(27)25-12-14-5-3-2-4-6-14;3*1-13(27)9-16-12-24-20(23)19(26-16)15-7-8-17(18(22)10-15)21(28)25-11-14-5-3-2-4-6-14/h2-8,11,13H,9-10,12H2,1H3,(H2,23,24)(H,25,27);3*2-8,10,12-13,27H,9,11H2,1H3,(H2,23,24)(H,25,28)/t;2*13-;/m.10./s1. The Bertz CT molecular complexity index is 5050. The van der Waals surface area contributed by atoms with Crippen LogP contribution in [0.1, 0.15) is 107 Å². The Morgan fingerprint density at radius 2 is 0.579 bits per heavy atom. The van der Waals surface area contributed by atoms with Gasteiger partial charge in [-0.3, -0.25) is 19.2 Å². The second-order valence-corrected chi connectivity index (χ2v) is 28.6. The molecular formula is C84H84F4N16O9S. The summed E-state index contributed by atoms with van der Waals surface area (Å²) >= 11 is 0. The van der Waals surface area contributed by atoms with Crippen LogP contribution in [0.25, 0.3) is 45.0 Å². The maximum Gasteiger partial charge on any atom is 0.254 e. The molecule has 4 aromatic heterocycles. The van der Waals surface area contributed by atoms with E-state index in [1.165, 1.54) is 73.3 Å². The molecule has 1 unspecified atom stereocenters. The predicted molar refractivity (Wildman–Crippen MR) is 427 cm³/mol. The van der Waals surface area contributed by atoms with Gasteiger partial charge in [0.2, 0.25) is 0 Å². The minimum atomic E-state index is -3.16. The smallest absolute Gasteiger partial charge is 0.254 e. The molecule has 588 valence electrons. The highest BCUT2D eigenvalue weighted by Gasteiger charge is 2.22. The Morgan fingerprint density at radius 1 is 0.360 bits per heavy atom. The summed E-state index contributed by atoms with van der Waals surface area (Å²) in [7, 11) is -3.16. The van der Waals surface area contributed by atoms with Gasteiger partial charge in [0.05, 0.1) is 93.9 Å². The quantitative estimate of drug-likeness (QED) is 0.0237. The second-order valence-electron chi connectivity index (χ2n) is 26.4. The molecule has 114 heavy (non-hydrogen) atoms. The number of nitrogens with zero attached hydrogens (tertiary/aromatic N) is 8. The van der Waals surface area contributed by atoms with Crippen LogP contribution in [0.4, 0.5) is 40.8 Å². The number of halogens is 4. The molecule has 0 aliphatic rings. The Hall–Kier alpha value is -13.3. The number of aliphatic hydroxyl groups is 3. The highest BCUT2D eigenvalue weighted by Crippen LogP contribution is 2.30. The third kappa shape index (κ3) is 25.4. The average molecular weight is 1570 g/mol. The van der Waals surface area contributed by atoms with Crippen molar-refractivity contribution in [1.29, 1.82) is 0 Å². The Kier molecular flexibility index (Phi) is 30.2. The molecule has 0 aliphatic carbocycles. The lowest BCUT2D eigenvalue weighted by Gasteiger charge is -2.10. The van der Waals surface area contributed by atoms with E-state index in [1.54, 1.807) is 39.0 Å². The first-order valence-corrected chi connectivity index (χ1v) is 37.8. The zero-order chi connectivity index (χ0) is 82.0. The number of nitrogens with one attached hydrogen (secondary N) is 4. The monoisotopic (exact) mass is 1570 g/mol. The van der Waals surface area contributed by atoms with Gasteiger partial charge in [-0.05, 0) is 91.6 Å². The van der Waals surface area contributed by atoms with Crippen LogP contribution >= 0.6 is 0 Å². The SMILES string of the molecule is CC(O)Cc1cnc(N)c(-c2ccc(C(=O)NCc3ccccc3)c(F)c2)n1.CS(=O)(=O)CCc1cnc(N)c(-c2ccc(C(=O)NCc3ccccc3)c(F)c2)n1.C[C@@H](O)Cc1cnc(N)c(-c2ccc(C(=O)NCc3ccccc3)c(F)c2)n1.C[C@H](O)Cc1cnc(N)c(-c2ccc(C(=O)NCc3ccccc3)c(F)c2)n1. The third-order valence-electron chi connectivity index (χ3n) is 16.8. The molecule has 30 heteroatoms. The van der Waals surface area contributed by atoms with Gasteiger partial charge in [0.15, 0.2) is 0 Å². The number of rotatable bonds is 25. The first kappa shape index (κ1) is 84.7. The van der Waals surface area contributed by atoms with E-state index in [4.69, 9.17) is 22.9 Å². The van der Waals surface area contributed by atoms with Gasteiger partial charge in [-0.25, -0.2) is 65.9 Å². The number of aromatic nitrogens is 8. The molecule has 0 fully saturated rings. The van der Waals surface area contributed by atoms with Crippen LogP contribution in [0, 0.1) is 23.3 Å². The molecule has 12 rings (SSSR count). The number of anilines is 4. The van der Waals surface area contributed by atoms with Crippen molar-refractivity contribution in [1.82, 2.24) is 61.1 Å². The van der Waals surface area contributed by atoms with Crippen LogP contribution in [0.3, 0.4) is 0 Å². The van der Waals surface area contributed by atoms with Crippen molar-refractivity contribution in [3.05, 3.63) is 309 Å². The highest BCUT2D eigenvalue weighted by atomic mass is 32.2. The molecule has 0 aliphatic heterocycles. The summed E-state index contributed by atoms with van der Waals surface area (Å²) in [6.45, 7) is 6.12. The number of nitrogen functional groups attached to an aromatic ring is 4. The first-order chi connectivity index (χ1) is 54.5. The molecule has 0 bridgehead atoms. The number of hydrogen-bond acceptors (Lipinski definition) is 21. The van der Waals surface area contributed by atoms with Crippen LogP contribution in [-0.2, 0) is 61.7 Å². The summed E-state index contributed by atoms with van der Waals surface area (Å²) in [5.41, 5.74) is 31.7. The molecule has 8 aromatic carbocycles. The Balaban J connectivity index is 0.000000174. The number of hydrogen-bond donors (Lipinski definition) is 11. The summed E-state index contributed by atoms with van der Waals surface area (Å²) < 4.78 is 81.0. The fraction of sp³-hybridized carbons (Fsp3) is 0.190. The average Bonchev–Trinajstić information content (AvgIpc) is 0.824. The lowest BCUT2D eigenvalue weighted by molar-refractivity contribution is 0.0938. The van der Waals surface area contributed by atoms with E-state index in [-0.39, 0.29) is 69.9 Å².